The molecule has 0 aromatic heterocycles. The summed E-state index contributed by atoms with van der Waals surface area (Å²) in [5, 5.41) is 17.9. The summed E-state index contributed by atoms with van der Waals surface area (Å²) >= 11 is 0. The Morgan fingerprint density at radius 2 is 1.32 bits per heavy atom. The summed E-state index contributed by atoms with van der Waals surface area (Å²) < 4.78 is 0. The number of nitrogens with zero attached hydrogens (tertiary/aromatic N) is 7. The molecule has 0 N–H and O–H groups in total. The van der Waals surface area contributed by atoms with E-state index in [2.05, 4.69) is 110 Å². The van der Waals surface area contributed by atoms with Crippen molar-refractivity contribution in [2.24, 2.45) is 20.4 Å². The highest BCUT2D eigenvalue weighted by molar-refractivity contribution is 6.24. The molecule has 0 amide bonds. The van der Waals surface area contributed by atoms with Gasteiger partial charge in [-0.3, -0.25) is 0 Å². The van der Waals surface area contributed by atoms with Crippen molar-refractivity contribution in [2.45, 2.75) is 6.92 Å². The summed E-state index contributed by atoms with van der Waals surface area (Å²) in [6.07, 6.45) is 6.04. The Hall–Kier alpha value is -5.04. The lowest BCUT2D eigenvalue weighted by atomic mass is 10.1. The molecule has 0 fully saturated rings. The van der Waals surface area contributed by atoms with Crippen LogP contribution in [0.25, 0.3) is 11.1 Å². The predicted octanol–water partition coefficient (Wildman–Crippen LogP) is 7.46. The number of likely N-dealkylation sites (N-methyl/N-ethyl adjacent to an activating group) is 1. The van der Waals surface area contributed by atoms with Gasteiger partial charge in [-0.25, -0.2) is 0 Å². The third-order valence-electron chi connectivity index (χ3n) is 7.38. The largest absolute Gasteiger partial charge is 0.370 e. The first-order valence-corrected chi connectivity index (χ1v) is 14.0. The van der Waals surface area contributed by atoms with E-state index >= 15 is 0 Å². The average Bonchev–Trinajstić information content (AvgIpc) is 3.58. The molecule has 6 rings (SSSR count). The average molecular weight is 540 g/mol. The molecule has 1 aliphatic heterocycles. The Balaban J connectivity index is 1.07. The van der Waals surface area contributed by atoms with Gasteiger partial charge in [-0.05, 0) is 60.0 Å². The normalized spacial score (nSPS) is 13.9. The van der Waals surface area contributed by atoms with Gasteiger partial charge in [-0.1, -0.05) is 60.7 Å². The van der Waals surface area contributed by atoms with Crippen molar-refractivity contribution in [2.75, 3.05) is 38.3 Å². The second-order valence-corrected chi connectivity index (χ2v) is 10.2. The van der Waals surface area contributed by atoms with Crippen LogP contribution in [-0.2, 0) is 0 Å². The summed E-state index contributed by atoms with van der Waals surface area (Å²) in [7, 11) is 2.09. The van der Waals surface area contributed by atoms with Crippen molar-refractivity contribution < 1.29 is 0 Å². The zero-order valence-corrected chi connectivity index (χ0v) is 23.4. The lowest BCUT2D eigenvalue weighted by Gasteiger charge is -2.26. The molecular formula is C34H33N7. The first kappa shape index (κ1) is 26.2. The molecular weight excluding hydrogens is 506 g/mol. The Bertz CT molecular complexity index is 1570. The molecule has 1 heterocycles. The number of rotatable bonds is 9. The standard InChI is InChI=1S/C34H33N7/c1-3-41(23-22-40-21-20-39(2)25-40)29-18-16-28(17-19-29)37-36-27-14-12-26(13-15-27)24-35-38-34-32-10-6-4-8-30(32)31-9-5-7-11-33(31)34/h4-21,24H,3,22-23,25H2,1-2H3/b35-24+,37-36+. The molecule has 0 atom stereocenters. The summed E-state index contributed by atoms with van der Waals surface area (Å²) in [6.45, 7) is 6.05. The lowest BCUT2D eigenvalue weighted by molar-refractivity contribution is 0.301. The molecule has 41 heavy (non-hydrogen) atoms. The van der Waals surface area contributed by atoms with Crippen molar-refractivity contribution in [1.29, 1.82) is 0 Å². The number of fused-ring (bicyclic) bond motifs is 3. The van der Waals surface area contributed by atoms with Gasteiger partial charge in [0.25, 0.3) is 0 Å². The van der Waals surface area contributed by atoms with Crippen LogP contribution in [0.1, 0.15) is 23.6 Å². The Morgan fingerprint density at radius 3 is 1.88 bits per heavy atom. The maximum atomic E-state index is 4.59. The summed E-state index contributed by atoms with van der Waals surface area (Å²) in [4.78, 5) is 6.88. The molecule has 0 saturated carbocycles. The van der Waals surface area contributed by atoms with Gasteiger partial charge in [0.1, 0.15) is 5.71 Å². The fraction of sp³-hybridized carbons (Fsp3) is 0.176. The molecule has 0 radical (unpaired) electrons. The van der Waals surface area contributed by atoms with E-state index < -0.39 is 0 Å². The number of hydrogen-bond donors (Lipinski definition) is 0. The number of anilines is 1. The quantitative estimate of drug-likeness (QED) is 0.111. The van der Waals surface area contributed by atoms with Gasteiger partial charge in [0.2, 0.25) is 0 Å². The van der Waals surface area contributed by atoms with Crippen LogP contribution in [0.3, 0.4) is 0 Å². The molecule has 0 spiro atoms. The smallest absolute Gasteiger partial charge is 0.101 e. The summed E-state index contributed by atoms with van der Waals surface area (Å²) in [5.41, 5.74) is 9.30. The Morgan fingerprint density at radius 1 is 0.732 bits per heavy atom. The van der Waals surface area contributed by atoms with Crippen LogP contribution in [-0.4, -0.2) is 55.1 Å². The topological polar surface area (TPSA) is 59.2 Å². The second kappa shape index (κ2) is 12.0. The van der Waals surface area contributed by atoms with E-state index in [-0.39, 0.29) is 0 Å². The molecule has 0 saturated heterocycles. The van der Waals surface area contributed by atoms with Crippen molar-refractivity contribution in [1.82, 2.24) is 9.80 Å². The second-order valence-electron chi connectivity index (χ2n) is 10.2. The zero-order valence-electron chi connectivity index (χ0n) is 23.4. The van der Waals surface area contributed by atoms with E-state index in [0.29, 0.717) is 0 Å². The Labute approximate surface area is 241 Å². The molecule has 204 valence electrons. The molecule has 4 aromatic rings. The molecule has 7 nitrogen and oxygen atoms in total. The third-order valence-corrected chi connectivity index (χ3v) is 7.38. The summed E-state index contributed by atoms with van der Waals surface area (Å²) in [5.74, 6) is 0. The number of hydrogen-bond acceptors (Lipinski definition) is 7. The van der Waals surface area contributed by atoms with Gasteiger partial charge in [-0.15, -0.1) is 5.10 Å². The van der Waals surface area contributed by atoms with Crippen LogP contribution < -0.4 is 4.90 Å². The highest BCUT2D eigenvalue weighted by atomic mass is 15.3. The molecule has 2 aliphatic rings. The number of benzene rings is 4. The zero-order chi connectivity index (χ0) is 28.0. The SMILES string of the molecule is CCN(CCN1C=CN(C)C1)c1ccc(/N=N/c2ccc(/C=N/N=C3c4ccccc4-c4ccccc43)cc2)cc1. The minimum Gasteiger partial charge on any atom is -0.370 e. The van der Waals surface area contributed by atoms with Crippen LogP contribution in [0.5, 0.6) is 0 Å². The molecule has 4 aromatic carbocycles. The minimum atomic E-state index is 0.787. The number of azo groups is 1. The fourth-order valence-corrected chi connectivity index (χ4v) is 5.18. The van der Waals surface area contributed by atoms with Gasteiger partial charge in [0.15, 0.2) is 0 Å². The van der Waals surface area contributed by atoms with Crippen LogP contribution >= 0.6 is 0 Å². The first-order chi connectivity index (χ1) is 20.2. The van der Waals surface area contributed by atoms with Crippen molar-refractivity contribution in [3.63, 3.8) is 0 Å². The van der Waals surface area contributed by atoms with E-state index in [4.69, 9.17) is 0 Å². The van der Waals surface area contributed by atoms with Crippen LogP contribution in [0, 0.1) is 0 Å². The van der Waals surface area contributed by atoms with Gasteiger partial charge in [0, 0.05) is 55.9 Å². The Kier molecular flexibility index (Phi) is 7.67. The maximum Gasteiger partial charge on any atom is 0.101 e. The third kappa shape index (κ3) is 5.94. The molecule has 0 unspecified atom stereocenters. The van der Waals surface area contributed by atoms with Gasteiger partial charge < -0.3 is 14.7 Å². The van der Waals surface area contributed by atoms with Gasteiger partial charge in [0.05, 0.1) is 24.3 Å². The van der Waals surface area contributed by atoms with E-state index in [9.17, 15) is 0 Å². The highest BCUT2D eigenvalue weighted by Crippen LogP contribution is 2.36. The van der Waals surface area contributed by atoms with Gasteiger partial charge in [-0.2, -0.15) is 15.3 Å². The van der Waals surface area contributed by atoms with E-state index in [0.717, 1.165) is 60.1 Å². The van der Waals surface area contributed by atoms with Crippen LogP contribution in [0.15, 0.2) is 130 Å². The molecule has 0 bridgehead atoms. The van der Waals surface area contributed by atoms with E-state index in [1.54, 1.807) is 6.21 Å². The van der Waals surface area contributed by atoms with E-state index in [1.165, 1.54) is 16.8 Å². The minimum absolute atomic E-state index is 0.787. The first-order valence-electron chi connectivity index (χ1n) is 14.0. The maximum absolute atomic E-state index is 4.59. The summed E-state index contributed by atoms with van der Waals surface area (Å²) in [6, 6.07) is 32.8. The molecule has 1 aliphatic carbocycles. The highest BCUT2D eigenvalue weighted by Gasteiger charge is 2.23. The monoisotopic (exact) mass is 539 g/mol. The van der Waals surface area contributed by atoms with Crippen LogP contribution in [0.2, 0.25) is 0 Å². The fourth-order valence-electron chi connectivity index (χ4n) is 5.18. The van der Waals surface area contributed by atoms with Crippen LogP contribution in [0.4, 0.5) is 17.1 Å². The van der Waals surface area contributed by atoms with E-state index in [1.807, 2.05) is 48.5 Å². The lowest BCUT2D eigenvalue weighted by Crippen LogP contribution is -2.33. The van der Waals surface area contributed by atoms with Gasteiger partial charge >= 0.3 is 0 Å². The van der Waals surface area contributed by atoms with Crippen molar-refractivity contribution >= 4 is 29.0 Å². The van der Waals surface area contributed by atoms with Crippen molar-refractivity contribution in [3.05, 3.63) is 126 Å². The predicted molar refractivity (Wildman–Crippen MR) is 169 cm³/mol. The van der Waals surface area contributed by atoms with Crippen molar-refractivity contribution in [3.8, 4) is 11.1 Å². The molecule has 7 heteroatoms.